The van der Waals surface area contributed by atoms with Gasteiger partial charge < -0.3 is 10.2 Å². The van der Waals surface area contributed by atoms with Crippen LogP contribution in [0.1, 0.15) is 15.9 Å². The van der Waals surface area contributed by atoms with E-state index in [1.807, 2.05) is 24.3 Å². The second kappa shape index (κ2) is 4.71. The highest BCUT2D eigenvalue weighted by molar-refractivity contribution is 6.00. The molecule has 0 unspecified atom stereocenters. The third-order valence-electron chi connectivity index (χ3n) is 2.55. The van der Waals surface area contributed by atoms with Gasteiger partial charge in [0.25, 0.3) is 0 Å². The second-order valence-electron chi connectivity index (χ2n) is 3.76. The molecule has 0 radical (unpaired) electrons. The molecule has 4 nitrogen and oxygen atoms in total. The van der Waals surface area contributed by atoms with Gasteiger partial charge in [-0.3, -0.25) is 0 Å². The van der Waals surface area contributed by atoms with Crippen LogP contribution in [-0.4, -0.2) is 22.2 Å². The first-order chi connectivity index (χ1) is 8.58. The van der Waals surface area contributed by atoms with Gasteiger partial charge in [0.1, 0.15) is 0 Å². The third kappa shape index (κ3) is 2.38. The zero-order chi connectivity index (χ0) is 13.1. The van der Waals surface area contributed by atoms with E-state index >= 15 is 0 Å². The van der Waals surface area contributed by atoms with Gasteiger partial charge in [0.2, 0.25) is 0 Å². The average molecular weight is 242 g/mol. The Hall–Kier alpha value is -2.62. The molecule has 2 aromatic carbocycles. The zero-order valence-corrected chi connectivity index (χ0v) is 9.33. The summed E-state index contributed by atoms with van der Waals surface area (Å²) in [5.41, 5.74) is 0.467. The highest BCUT2D eigenvalue weighted by Crippen LogP contribution is 2.21. The molecule has 2 aromatic rings. The molecule has 0 bridgehead atoms. The average Bonchev–Trinajstić information content (AvgIpc) is 2.35. The summed E-state index contributed by atoms with van der Waals surface area (Å²) < 4.78 is 0. The molecule has 0 aliphatic carbocycles. The molecule has 18 heavy (non-hydrogen) atoms. The number of rotatable bonds is 3. The Balaban J connectivity index is 2.65. The highest BCUT2D eigenvalue weighted by atomic mass is 16.4. The van der Waals surface area contributed by atoms with Crippen LogP contribution < -0.4 is 0 Å². The van der Waals surface area contributed by atoms with Gasteiger partial charge in [-0.25, -0.2) is 9.59 Å². The Morgan fingerprint density at radius 3 is 2.17 bits per heavy atom. The van der Waals surface area contributed by atoms with Crippen molar-refractivity contribution >= 4 is 28.8 Å². The van der Waals surface area contributed by atoms with E-state index in [0.717, 1.165) is 16.8 Å². The summed E-state index contributed by atoms with van der Waals surface area (Å²) in [7, 11) is 0. The molecule has 0 heterocycles. The van der Waals surface area contributed by atoms with Gasteiger partial charge in [0.05, 0.1) is 5.56 Å². The Morgan fingerprint density at radius 1 is 1.00 bits per heavy atom. The molecule has 2 N–H and O–H groups in total. The minimum absolute atomic E-state index is 0.0891. The van der Waals surface area contributed by atoms with Crippen molar-refractivity contribution in [2.75, 3.05) is 0 Å². The van der Waals surface area contributed by atoms with Crippen molar-refractivity contribution < 1.29 is 19.8 Å². The fourth-order valence-corrected chi connectivity index (χ4v) is 1.74. The fourth-order valence-electron chi connectivity index (χ4n) is 1.74. The van der Waals surface area contributed by atoms with Crippen LogP contribution in [0.3, 0.4) is 0 Å². The summed E-state index contributed by atoms with van der Waals surface area (Å²) in [5.74, 6) is -2.19. The first-order valence-corrected chi connectivity index (χ1v) is 5.25. The van der Waals surface area contributed by atoms with E-state index in [4.69, 9.17) is 10.2 Å². The van der Waals surface area contributed by atoms with Crippen molar-refractivity contribution in [2.24, 2.45) is 0 Å². The molecule has 0 aliphatic heterocycles. The summed E-state index contributed by atoms with van der Waals surface area (Å²) in [5, 5.41) is 19.4. The standard InChI is InChI=1S/C14H10O4/c15-13(16)6-5-11-7-9-3-1-2-4-10(9)8-12(11)14(17)18/h1-8H,(H,15,16)(H,17,18)/b6-5-. The number of carboxylic acids is 2. The topological polar surface area (TPSA) is 74.6 Å². The number of hydrogen-bond acceptors (Lipinski definition) is 2. The summed E-state index contributed by atoms with van der Waals surface area (Å²) in [6.07, 6.45) is 2.22. The number of hydrogen-bond donors (Lipinski definition) is 2. The molecule has 0 atom stereocenters. The van der Waals surface area contributed by atoms with Crippen molar-refractivity contribution in [3.8, 4) is 0 Å². The number of carboxylic acid groups (broad SMARTS) is 2. The number of benzene rings is 2. The number of fused-ring (bicyclic) bond motifs is 1. The van der Waals surface area contributed by atoms with Crippen molar-refractivity contribution in [1.82, 2.24) is 0 Å². The minimum atomic E-state index is -1.11. The molecule has 0 fully saturated rings. The summed E-state index contributed by atoms with van der Waals surface area (Å²) in [4.78, 5) is 21.6. The highest BCUT2D eigenvalue weighted by Gasteiger charge is 2.09. The molecule has 0 amide bonds. The Morgan fingerprint density at radius 2 is 1.61 bits per heavy atom. The van der Waals surface area contributed by atoms with Gasteiger partial charge >= 0.3 is 11.9 Å². The fraction of sp³-hybridized carbons (Fsp3) is 0. The number of aliphatic carboxylic acids is 1. The Bertz CT molecular complexity index is 656. The zero-order valence-electron chi connectivity index (χ0n) is 9.33. The van der Waals surface area contributed by atoms with Crippen LogP contribution in [0.2, 0.25) is 0 Å². The molecule has 0 aromatic heterocycles. The maximum Gasteiger partial charge on any atom is 0.336 e. The molecular weight excluding hydrogens is 232 g/mol. The normalized spacial score (nSPS) is 10.9. The predicted octanol–water partition coefficient (Wildman–Crippen LogP) is 2.64. The van der Waals surface area contributed by atoms with Crippen molar-refractivity contribution in [3.63, 3.8) is 0 Å². The van der Waals surface area contributed by atoms with E-state index in [0.29, 0.717) is 5.56 Å². The predicted molar refractivity (Wildman–Crippen MR) is 67.6 cm³/mol. The number of aromatic carboxylic acids is 1. The maximum absolute atomic E-state index is 11.1. The molecule has 0 spiro atoms. The van der Waals surface area contributed by atoms with Crippen molar-refractivity contribution in [1.29, 1.82) is 0 Å². The van der Waals surface area contributed by atoms with Crippen molar-refractivity contribution in [2.45, 2.75) is 0 Å². The van der Waals surface area contributed by atoms with Crippen LogP contribution in [-0.2, 0) is 4.79 Å². The summed E-state index contributed by atoms with van der Waals surface area (Å²) in [6, 6.07) is 10.5. The quantitative estimate of drug-likeness (QED) is 0.811. The lowest BCUT2D eigenvalue weighted by Crippen LogP contribution is -2.00. The summed E-state index contributed by atoms with van der Waals surface area (Å²) in [6.45, 7) is 0. The van der Waals surface area contributed by atoms with Gasteiger partial charge in [0, 0.05) is 6.08 Å². The van der Waals surface area contributed by atoms with Gasteiger partial charge in [0.15, 0.2) is 0 Å². The van der Waals surface area contributed by atoms with Gasteiger partial charge in [-0.2, -0.15) is 0 Å². The van der Waals surface area contributed by atoms with E-state index in [2.05, 4.69) is 0 Å². The first-order valence-electron chi connectivity index (χ1n) is 5.25. The first kappa shape index (κ1) is 11.9. The largest absolute Gasteiger partial charge is 0.478 e. The van der Waals surface area contributed by atoms with E-state index in [-0.39, 0.29) is 5.56 Å². The van der Waals surface area contributed by atoms with Crippen LogP contribution >= 0.6 is 0 Å². The van der Waals surface area contributed by atoms with E-state index < -0.39 is 11.9 Å². The Labute approximate surface area is 103 Å². The van der Waals surface area contributed by atoms with E-state index in [9.17, 15) is 9.59 Å². The van der Waals surface area contributed by atoms with Crippen LogP contribution in [0.25, 0.3) is 16.8 Å². The maximum atomic E-state index is 11.1. The SMILES string of the molecule is O=C(O)/C=C\c1cc2ccccc2cc1C(=O)O. The molecule has 0 aliphatic rings. The lowest BCUT2D eigenvalue weighted by atomic mass is 10.0. The molecule has 4 heteroatoms. The van der Waals surface area contributed by atoms with E-state index in [1.54, 1.807) is 12.1 Å². The van der Waals surface area contributed by atoms with Gasteiger partial charge in [-0.15, -0.1) is 0 Å². The number of carbonyl (C=O) groups is 2. The van der Waals surface area contributed by atoms with E-state index in [1.165, 1.54) is 6.08 Å². The molecule has 0 saturated carbocycles. The van der Waals surface area contributed by atoms with Crippen LogP contribution in [0.15, 0.2) is 42.5 Å². The second-order valence-corrected chi connectivity index (χ2v) is 3.76. The molecule has 2 rings (SSSR count). The smallest absolute Gasteiger partial charge is 0.336 e. The van der Waals surface area contributed by atoms with Gasteiger partial charge in [-0.05, 0) is 34.5 Å². The molecular formula is C14H10O4. The van der Waals surface area contributed by atoms with Crippen LogP contribution in [0, 0.1) is 0 Å². The van der Waals surface area contributed by atoms with Crippen molar-refractivity contribution in [3.05, 3.63) is 53.6 Å². The van der Waals surface area contributed by atoms with Gasteiger partial charge in [-0.1, -0.05) is 24.3 Å². The third-order valence-corrected chi connectivity index (χ3v) is 2.55. The molecule has 0 saturated heterocycles. The Kier molecular flexibility index (Phi) is 3.10. The van der Waals surface area contributed by atoms with Crippen LogP contribution in [0.5, 0.6) is 0 Å². The van der Waals surface area contributed by atoms with Crippen LogP contribution in [0.4, 0.5) is 0 Å². The monoisotopic (exact) mass is 242 g/mol. The minimum Gasteiger partial charge on any atom is -0.478 e. The lowest BCUT2D eigenvalue weighted by molar-refractivity contribution is -0.131. The lowest BCUT2D eigenvalue weighted by Gasteiger charge is -2.04. The molecule has 90 valence electrons. The summed E-state index contributed by atoms with van der Waals surface area (Å²) >= 11 is 0.